The van der Waals surface area contributed by atoms with Crippen LogP contribution >= 0.6 is 11.6 Å². The Morgan fingerprint density at radius 3 is 2.27 bits per heavy atom. The van der Waals surface area contributed by atoms with E-state index in [-0.39, 0.29) is 11.6 Å². The summed E-state index contributed by atoms with van der Waals surface area (Å²) in [7, 11) is 7.12. The summed E-state index contributed by atoms with van der Waals surface area (Å²) in [6, 6.07) is 14.0. The van der Waals surface area contributed by atoms with Crippen LogP contribution in [0.4, 0.5) is 0 Å². The summed E-state index contributed by atoms with van der Waals surface area (Å²) in [4.78, 5) is 32.2. The SMILES string of the molecule is COc1cccc(OC)c1-c1ccc(C(=O)N[C@@](C)(C(=O)O)C(C)C)nc1-c1ccc(Cl)c(OCCCN(C)C)c1. The van der Waals surface area contributed by atoms with Gasteiger partial charge in [0.15, 0.2) is 0 Å². The highest BCUT2D eigenvalue weighted by Crippen LogP contribution is 2.43. The van der Waals surface area contributed by atoms with Crippen molar-refractivity contribution in [2.45, 2.75) is 32.7 Å². The number of nitrogens with one attached hydrogen (secondary N) is 1. The number of aromatic nitrogens is 1. The molecule has 41 heavy (non-hydrogen) atoms. The zero-order valence-electron chi connectivity index (χ0n) is 24.6. The van der Waals surface area contributed by atoms with Crippen LogP contribution in [-0.4, -0.2) is 73.9 Å². The van der Waals surface area contributed by atoms with Gasteiger partial charge < -0.3 is 29.5 Å². The van der Waals surface area contributed by atoms with Crippen molar-refractivity contribution in [3.8, 4) is 39.6 Å². The standard InChI is InChI=1S/C31H38ClN3O6/c1-19(2)31(3,30(37)38)34-29(36)23-15-13-21(27-24(39-6)10-8-11-25(27)40-7)28(33-23)20-12-14-22(32)26(18-20)41-17-9-16-35(4)5/h8,10-15,18-19H,9,16-17H2,1-7H3,(H,34,36)(H,37,38)/t31-/m1/s1. The Kier molecular flexibility index (Phi) is 10.6. The summed E-state index contributed by atoms with van der Waals surface area (Å²) in [6.45, 7) is 6.27. The predicted molar refractivity (Wildman–Crippen MR) is 160 cm³/mol. The minimum Gasteiger partial charge on any atom is -0.496 e. The first-order valence-electron chi connectivity index (χ1n) is 13.3. The Balaban J connectivity index is 2.17. The number of nitrogens with zero attached hydrogens (tertiary/aromatic N) is 2. The van der Waals surface area contributed by atoms with E-state index >= 15 is 0 Å². The molecule has 9 nitrogen and oxygen atoms in total. The lowest BCUT2D eigenvalue weighted by Crippen LogP contribution is -2.56. The van der Waals surface area contributed by atoms with Gasteiger partial charge in [-0.3, -0.25) is 4.79 Å². The number of rotatable bonds is 13. The van der Waals surface area contributed by atoms with Crippen LogP contribution in [0.5, 0.6) is 17.2 Å². The van der Waals surface area contributed by atoms with Crippen LogP contribution < -0.4 is 19.5 Å². The molecule has 0 spiro atoms. The van der Waals surface area contributed by atoms with Crippen LogP contribution in [0.25, 0.3) is 22.4 Å². The molecule has 0 aliphatic rings. The van der Waals surface area contributed by atoms with Crippen molar-refractivity contribution in [3.05, 3.63) is 59.2 Å². The summed E-state index contributed by atoms with van der Waals surface area (Å²) in [6.07, 6.45) is 0.809. The lowest BCUT2D eigenvalue weighted by Gasteiger charge is -2.30. The highest BCUT2D eigenvalue weighted by Gasteiger charge is 2.38. The maximum atomic E-state index is 13.4. The molecule has 0 aliphatic carbocycles. The van der Waals surface area contributed by atoms with Gasteiger partial charge >= 0.3 is 5.97 Å². The molecule has 10 heteroatoms. The number of aliphatic carboxylic acids is 1. The quantitative estimate of drug-likeness (QED) is 0.249. The number of carbonyl (C=O) groups excluding carboxylic acids is 1. The van der Waals surface area contributed by atoms with Crippen LogP contribution in [-0.2, 0) is 4.79 Å². The zero-order chi connectivity index (χ0) is 30.3. The van der Waals surface area contributed by atoms with E-state index in [1.54, 1.807) is 58.4 Å². The molecule has 1 aromatic heterocycles. The third kappa shape index (κ3) is 7.28. The van der Waals surface area contributed by atoms with Gasteiger partial charge in [0.1, 0.15) is 28.5 Å². The second kappa shape index (κ2) is 13.7. The summed E-state index contributed by atoms with van der Waals surface area (Å²) in [5.74, 6) is -0.531. The van der Waals surface area contributed by atoms with Gasteiger partial charge in [0, 0.05) is 17.7 Å². The van der Waals surface area contributed by atoms with Crippen LogP contribution in [0, 0.1) is 5.92 Å². The first-order valence-corrected chi connectivity index (χ1v) is 13.7. The molecule has 1 amide bonds. The lowest BCUT2D eigenvalue weighted by molar-refractivity contribution is -0.145. The number of pyridine rings is 1. The number of carboxylic acids is 1. The molecule has 0 saturated carbocycles. The highest BCUT2D eigenvalue weighted by molar-refractivity contribution is 6.32. The van der Waals surface area contributed by atoms with Gasteiger partial charge in [-0.15, -0.1) is 0 Å². The van der Waals surface area contributed by atoms with Gasteiger partial charge in [0.05, 0.1) is 37.1 Å². The van der Waals surface area contributed by atoms with Gasteiger partial charge in [-0.25, -0.2) is 9.78 Å². The van der Waals surface area contributed by atoms with Crippen LogP contribution in [0.15, 0.2) is 48.5 Å². The van der Waals surface area contributed by atoms with E-state index in [4.69, 9.17) is 30.8 Å². The second-order valence-corrected chi connectivity index (χ2v) is 10.8. The molecule has 1 atom stereocenters. The largest absolute Gasteiger partial charge is 0.496 e. The van der Waals surface area contributed by atoms with E-state index in [2.05, 4.69) is 10.2 Å². The van der Waals surface area contributed by atoms with Crippen LogP contribution in [0.3, 0.4) is 0 Å². The predicted octanol–water partition coefficient (Wildman–Crippen LogP) is 5.65. The molecular weight excluding hydrogens is 546 g/mol. The van der Waals surface area contributed by atoms with E-state index in [1.165, 1.54) is 6.92 Å². The van der Waals surface area contributed by atoms with Crippen molar-refractivity contribution in [3.63, 3.8) is 0 Å². The third-order valence-corrected chi connectivity index (χ3v) is 7.32. The Bertz CT molecular complexity index is 1370. The van der Waals surface area contributed by atoms with E-state index in [1.807, 2.05) is 32.3 Å². The van der Waals surface area contributed by atoms with Gasteiger partial charge in [0.2, 0.25) is 0 Å². The molecular formula is C31H38ClN3O6. The summed E-state index contributed by atoms with van der Waals surface area (Å²) >= 11 is 6.48. The Morgan fingerprint density at radius 1 is 1.05 bits per heavy atom. The summed E-state index contributed by atoms with van der Waals surface area (Å²) < 4.78 is 17.3. The molecule has 0 aliphatic heterocycles. The molecule has 220 valence electrons. The first kappa shape index (κ1) is 31.7. The van der Waals surface area contributed by atoms with Gasteiger partial charge in [-0.05, 0) is 69.8 Å². The average molecular weight is 584 g/mol. The number of carboxylic acid groups (broad SMARTS) is 1. The fourth-order valence-electron chi connectivity index (χ4n) is 4.19. The van der Waals surface area contributed by atoms with E-state index < -0.39 is 17.4 Å². The van der Waals surface area contributed by atoms with E-state index in [0.29, 0.717) is 51.3 Å². The van der Waals surface area contributed by atoms with Crippen molar-refractivity contribution in [2.24, 2.45) is 5.92 Å². The smallest absolute Gasteiger partial charge is 0.329 e. The van der Waals surface area contributed by atoms with E-state index in [9.17, 15) is 14.7 Å². The number of halogens is 1. The molecule has 0 bridgehead atoms. The van der Waals surface area contributed by atoms with Gasteiger partial charge in [0.25, 0.3) is 5.91 Å². The van der Waals surface area contributed by atoms with Crippen molar-refractivity contribution >= 4 is 23.5 Å². The zero-order valence-corrected chi connectivity index (χ0v) is 25.3. The number of methoxy groups -OCH3 is 2. The Hall–Kier alpha value is -3.82. The minimum absolute atomic E-state index is 0.0501. The minimum atomic E-state index is -1.49. The topological polar surface area (TPSA) is 110 Å². The summed E-state index contributed by atoms with van der Waals surface area (Å²) in [5.41, 5.74) is 0.928. The number of hydrogen-bond donors (Lipinski definition) is 2. The first-order chi connectivity index (χ1) is 19.4. The number of amides is 1. The highest BCUT2D eigenvalue weighted by atomic mass is 35.5. The normalized spacial score (nSPS) is 12.6. The molecule has 1 heterocycles. The number of hydrogen-bond acceptors (Lipinski definition) is 7. The molecule has 3 aromatic rings. The number of benzene rings is 2. The van der Waals surface area contributed by atoms with Gasteiger partial charge in [-0.2, -0.15) is 0 Å². The maximum absolute atomic E-state index is 13.4. The fourth-order valence-corrected chi connectivity index (χ4v) is 4.36. The van der Waals surface area contributed by atoms with Crippen LogP contribution in [0.1, 0.15) is 37.7 Å². The van der Waals surface area contributed by atoms with E-state index in [0.717, 1.165) is 13.0 Å². The summed E-state index contributed by atoms with van der Waals surface area (Å²) in [5, 5.41) is 12.9. The molecule has 3 rings (SSSR count). The maximum Gasteiger partial charge on any atom is 0.329 e. The number of ether oxygens (including phenoxy) is 3. The van der Waals surface area contributed by atoms with Crippen LogP contribution in [0.2, 0.25) is 5.02 Å². The van der Waals surface area contributed by atoms with Gasteiger partial charge in [-0.1, -0.05) is 37.6 Å². The Morgan fingerprint density at radius 2 is 1.71 bits per heavy atom. The molecule has 0 saturated heterocycles. The molecule has 0 unspecified atom stereocenters. The monoisotopic (exact) mass is 583 g/mol. The fraction of sp³-hybridized carbons (Fsp3) is 0.387. The Labute approximate surface area is 246 Å². The third-order valence-electron chi connectivity index (χ3n) is 7.01. The van der Waals surface area contributed by atoms with Crippen molar-refractivity contribution < 1.29 is 28.9 Å². The second-order valence-electron chi connectivity index (χ2n) is 10.4. The van der Waals surface area contributed by atoms with Crippen molar-refractivity contribution in [1.29, 1.82) is 0 Å². The molecule has 2 N–H and O–H groups in total. The number of carbonyl (C=O) groups is 2. The van der Waals surface area contributed by atoms with Crippen molar-refractivity contribution in [1.82, 2.24) is 15.2 Å². The van der Waals surface area contributed by atoms with Crippen molar-refractivity contribution in [2.75, 3.05) is 41.5 Å². The average Bonchev–Trinajstić information content (AvgIpc) is 2.94. The molecule has 2 aromatic carbocycles. The molecule has 0 fully saturated rings. The lowest BCUT2D eigenvalue weighted by atomic mass is 9.88. The molecule has 0 radical (unpaired) electrons.